The van der Waals surface area contributed by atoms with Crippen LogP contribution in [0.4, 0.5) is 0 Å². The highest BCUT2D eigenvalue weighted by atomic mass is 16.3. The highest BCUT2D eigenvalue weighted by molar-refractivity contribution is 5.83. The summed E-state index contributed by atoms with van der Waals surface area (Å²) in [6.45, 7) is 7.78. The van der Waals surface area contributed by atoms with Crippen LogP contribution in [0.15, 0.2) is 55.6 Å². The lowest BCUT2D eigenvalue weighted by molar-refractivity contribution is 0.474. The molecule has 2 aromatic rings. The Morgan fingerprint density at radius 3 is 2.17 bits per heavy atom. The lowest BCUT2D eigenvalue weighted by Gasteiger charge is -2.10. The maximum atomic E-state index is 9.56. The molecule has 0 fully saturated rings. The molecule has 0 amide bonds. The van der Waals surface area contributed by atoms with Crippen molar-refractivity contribution in [2.45, 2.75) is 0 Å². The Morgan fingerprint density at radius 1 is 0.944 bits per heavy atom. The van der Waals surface area contributed by atoms with E-state index >= 15 is 0 Å². The van der Waals surface area contributed by atoms with Crippen LogP contribution >= 0.6 is 0 Å². The van der Waals surface area contributed by atoms with Gasteiger partial charge < -0.3 is 10.2 Å². The van der Waals surface area contributed by atoms with Gasteiger partial charge in [-0.3, -0.25) is 0 Å². The quantitative estimate of drug-likeness (QED) is 0.853. The first-order valence-corrected chi connectivity index (χ1v) is 5.56. The zero-order valence-corrected chi connectivity index (χ0v) is 9.93. The van der Waals surface area contributed by atoms with Gasteiger partial charge in [-0.15, -0.1) is 0 Å². The number of hydrogen-bond donors (Lipinski definition) is 2. The fraction of sp³-hybridized carbons (Fsp3) is 0. The van der Waals surface area contributed by atoms with Gasteiger partial charge in [0.2, 0.25) is 0 Å². The number of hydrogen-bond acceptors (Lipinski definition) is 2. The van der Waals surface area contributed by atoms with Crippen LogP contribution in [0.25, 0.3) is 11.6 Å². The second-order valence-corrected chi connectivity index (χ2v) is 4.00. The summed E-state index contributed by atoms with van der Waals surface area (Å²) >= 11 is 0. The van der Waals surface area contributed by atoms with Crippen LogP contribution in [0.5, 0.6) is 11.5 Å². The van der Waals surface area contributed by atoms with E-state index in [0.717, 1.165) is 22.3 Å². The van der Waals surface area contributed by atoms with E-state index in [9.17, 15) is 10.2 Å². The summed E-state index contributed by atoms with van der Waals surface area (Å²) in [6, 6.07) is 11.9. The average Bonchev–Trinajstić information content (AvgIpc) is 2.39. The molecule has 0 unspecified atom stereocenters. The van der Waals surface area contributed by atoms with Crippen molar-refractivity contribution in [3.8, 4) is 11.5 Å². The molecule has 2 nitrogen and oxygen atoms in total. The van der Waals surface area contributed by atoms with Crippen LogP contribution in [0.2, 0.25) is 0 Å². The Kier molecular flexibility index (Phi) is 3.20. The molecule has 2 heteroatoms. The topological polar surface area (TPSA) is 40.5 Å². The molecule has 0 aliphatic heterocycles. The minimum Gasteiger partial charge on any atom is -0.508 e. The number of aromatic hydroxyl groups is 2. The zero-order chi connectivity index (χ0) is 13.1. The van der Waals surface area contributed by atoms with Crippen LogP contribution in [0, 0.1) is 0 Å². The highest BCUT2D eigenvalue weighted by Crippen LogP contribution is 2.29. The number of rotatable bonds is 3. The van der Waals surface area contributed by atoms with Gasteiger partial charge in [-0.25, -0.2) is 0 Å². The monoisotopic (exact) mass is 238 g/mol. The summed E-state index contributed by atoms with van der Waals surface area (Å²) in [5.74, 6) is 0.405. The minimum atomic E-state index is 0.190. The Bertz CT molecular complexity index is 595. The van der Waals surface area contributed by atoms with Gasteiger partial charge in [0.25, 0.3) is 0 Å². The second kappa shape index (κ2) is 4.80. The van der Waals surface area contributed by atoms with E-state index in [-0.39, 0.29) is 11.5 Å². The largest absolute Gasteiger partial charge is 0.508 e. The average molecular weight is 238 g/mol. The summed E-state index contributed by atoms with van der Waals surface area (Å²) in [6.07, 6.45) is 1.72. The summed E-state index contributed by atoms with van der Waals surface area (Å²) in [5.41, 5.74) is 3.41. The smallest absolute Gasteiger partial charge is 0.116 e. The molecule has 2 aromatic carbocycles. The lowest BCUT2D eigenvalue weighted by Crippen LogP contribution is -1.89. The SMILES string of the molecule is C=Cc1ccc(O)cc1C(=C)c1ccc(O)cc1. The first-order valence-electron chi connectivity index (χ1n) is 5.56. The third kappa shape index (κ3) is 2.28. The van der Waals surface area contributed by atoms with E-state index < -0.39 is 0 Å². The lowest BCUT2D eigenvalue weighted by atomic mass is 9.95. The third-order valence-electron chi connectivity index (χ3n) is 2.80. The van der Waals surface area contributed by atoms with Crippen molar-refractivity contribution < 1.29 is 10.2 Å². The predicted octanol–water partition coefficient (Wildman–Crippen LogP) is 3.80. The normalized spacial score (nSPS) is 10.0. The summed E-state index contributed by atoms with van der Waals surface area (Å²) in [7, 11) is 0. The summed E-state index contributed by atoms with van der Waals surface area (Å²) < 4.78 is 0. The molecule has 2 rings (SSSR count). The van der Waals surface area contributed by atoms with Gasteiger partial charge in [0.15, 0.2) is 0 Å². The van der Waals surface area contributed by atoms with Crippen molar-refractivity contribution >= 4 is 11.6 Å². The maximum absolute atomic E-state index is 9.56. The molecule has 0 saturated carbocycles. The van der Waals surface area contributed by atoms with Crippen molar-refractivity contribution in [3.63, 3.8) is 0 Å². The van der Waals surface area contributed by atoms with Crippen LogP contribution in [0.1, 0.15) is 16.7 Å². The molecule has 90 valence electrons. The van der Waals surface area contributed by atoms with E-state index in [1.165, 1.54) is 0 Å². The Morgan fingerprint density at radius 2 is 1.56 bits per heavy atom. The van der Waals surface area contributed by atoms with Crippen LogP contribution in [-0.2, 0) is 0 Å². The van der Waals surface area contributed by atoms with Crippen molar-refractivity contribution in [1.29, 1.82) is 0 Å². The van der Waals surface area contributed by atoms with E-state index in [1.807, 2.05) is 0 Å². The molecule has 0 bridgehead atoms. The second-order valence-electron chi connectivity index (χ2n) is 4.00. The molecular weight excluding hydrogens is 224 g/mol. The van der Waals surface area contributed by atoms with Gasteiger partial charge in [0, 0.05) is 0 Å². The molecule has 0 aliphatic rings. The Hall–Kier alpha value is -2.48. The van der Waals surface area contributed by atoms with Crippen molar-refractivity contribution in [3.05, 3.63) is 72.3 Å². The number of benzene rings is 2. The molecular formula is C16H14O2. The molecule has 2 N–H and O–H groups in total. The fourth-order valence-corrected chi connectivity index (χ4v) is 1.80. The van der Waals surface area contributed by atoms with Gasteiger partial charge in [0.1, 0.15) is 11.5 Å². The van der Waals surface area contributed by atoms with E-state index in [1.54, 1.807) is 48.5 Å². The van der Waals surface area contributed by atoms with Crippen LogP contribution in [-0.4, -0.2) is 10.2 Å². The summed E-state index contributed by atoms with van der Waals surface area (Å²) in [4.78, 5) is 0. The standard InChI is InChI=1S/C16H14O2/c1-3-12-4-9-15(18)10-16(12)11(2)13-5-7-14(17)8-6-13/h3-10,17-18H,1-2H2. The molecule has 0 aliphatic carbocycles. The number of phenols is 2. The van der Waals surface area contributed by atoms with Crippen molar-refractivity contribution in [2.24, 2.45) is 0 Å². The van der Waals surface area contributed by atoms with Gasteiger partial charge >= 0.3 is 0 Å². The fourth-order valence-electron chi connectivity index (χ4n) is 1.80. The first-order chi connectivity index (χ1) is 8.61. The van der Waals surface area contributed by atoms with E-state index in [0.29, 0.717) is 0 Å². The number of phenolic OH excluding ortho intramolecular Hbond substituents is 2. The Balaban J connectivity index is 2.48. The minimum absolute atomic E-state index is 0.190. The maximum Gasteiger partial charge on any atom is 0.116 e. The molecule has 0 spiro atoms. The van der Waals surface area contributed by atoms with Crippen LogP contribution < -0.4 is 0 Å². The molecule has 0 saturated heterocycles. The third-order valence-corrected chi connectivity index (χ3v) is 2.80. The van der Waals surface area contributed by atoms with Gasteiger partial charge in [-0.1, -0.05) is 37.4 Å². The van der Waals surface area contributed by atoms with Crippen LogP contribution in [0.3, 0.4) is 0 Å². The molecule has 18 heavy (non-hydrogen) atoms. The molecule has 0 radical (unpaired) electrons. The van der Waals surface area contributed by atoms with Gasteiger partial charge in [-0.2, -0.15) is 0 Å². The molecule has 0 aromatic heterocycles. The predicted molar refractivity (Wildman–Crippen MR) is 74.4 cm³/mol. The van der Waals surface area contributed by atoms with E-state index in [2.05, 4.69) is 13.2 Å². The van der Waals surface area contributed by atoms with E-state index in [4.69, 9.17) is 0 Å². The zero-order valence-electron chi connectivity index (χ0n) is 9.93. The van der Waals surface area contributed by atoms with Crippen molar-refractivity contribution in [1.82, 2.24) is 0 Å². The van der Waals surface area contributed by atoms with Crippen molar-refractivity contribution in [2.75, 3.05) is 0 Å². The summed E-state index contributed by atoms with van der Waals surface area (Å²) in [5, 5.41) is 18.8. The highest BCUT2D eigenvalue weighted by Gasteiger charge is 2.07. The molecule has 0 heterocycles. The first kappa shape index (κ1) is 12.0. The Labute approximate surface area is 106 Å². The molecule has 0 atom stereocenters. The van der Waals surface area contributed by atoms with Gasteiger partial charge in [-0.05, 0) is 46.5 Å². The van der Waals surface area contributed by atoms with Gasteiger partial charge in [0.05, 0.1) is 0 Å².